The highest BCUT2D eigenvalue weighted by atomic mass is 79.9. The van der Waals surface area contributed by atoms with Crippen molar-refractivity contribution >= 4 is 43.2 Å². The van der Waals surface area contributed by atoms with Gasteiger partial charge in [-0.1, -0.05) is 38.5 Å². The maximum Gasteiger partial charge on any atom is 0.0843 e. The van der Waals surface area contributed by atoms with Crippen LogP contribution in [0.1, 0.15) is 49.4 Å². The average Bonchev–Trinajstić information content (AvgIpc) is 2.52. The molecule has 2 aliphatic rings. The van der Waals surface area contributed by atoms with Gasteiger partial charge in [-0.2, -0.15) is 0 Å². The summed E-state index contributed by atoms with van der Waals surface area (Å²) in [7, 11) is 0. The van der Waals surface area contributed by atoms with Gasteiger partial charge in [0.25, 0.3) is 0 Å². The molecule has 0 aliphatic heterocycles. The molecule has 1 nitrogen and oxygen atoms in total. The van der Waals surface area contributed by atoms with E-state index in [4.69, 9.17) is 5.73 Å². The average molecular weight is 393 g/mol. The normalized spacial score (nSPS) is 22.9. The van der Waals surface area contributed by atoms with E-state index >= 15 is 0 Å². The molecule has 1 unspecified atom stereocenters. The summed E-state index contributed by atoms with van der Waals surface area (Å²) in [6.45, 7) is 0. The highest BCUT2D eigenvalue weighted by Crippen LogP contribution is 2.50. The van der Waals surface area contributed by atoms with Gasteiger partial charge in [0.2, 0.25) is 0 Å². The minimum atomic E-state index is 0.244. The fraction of sp³-hybridized carbons (Fsp3) is 0.714. The molecule has 0 radical (unpaired) electrons. The summed E-state index contributed by atoms with van der Waals surface area (Å²) in [5, 5.41) is 0. The van der Waals surface area contributed by atoms with Crippen molar-refractivity contribution in [2.45, 2.75) is 44.6 Å². The Bertz CT molecular complexity index is 390. The molecule has 1 aromatic heterocycles. The van der Waals surface area contributed by atoms with Gasteiger partial charge < -0.3 is 5.73 Å². The number of halogens is 2. The van der Waals surface area contributed by atoms with E-state index in [0.29, 0.717) is 0 Å². The Morgan fingerprint density at radius 3 is 2.00 bits per heavy atom. The van der Waals surface area contributed by atoms with Gasteiger partial charge in [-0.15, -0.1) is 11.3 Å². The van der Waals surface area contributed by atoms with E-state index in [1.165, 1.54) is 47.2 Å². The molecule has 3 rings (SSSR count). The fourth-order valence-electron chi connectivity index (χ4n) is 3.34. The molecule has 2 fully saturated rings. The molecule has 0 saturated heterocycles. The molecule has 0 bridgehead atoms. The van der Waals surface area contributed by atoms with Crippen LogP contribution in [-0.2, 0) is 0 Å². The molecule has 2 N–H and O–H groups in total. The molecular weight excluding hydrogens is 374 g/mol. The number of hydrogen-bond acceptors (Lipinski definition) is 2. The van der Waals surface area contributed by atoms with Crippen LogP contribution in [0.15, 0.2) is 14.3 Å². The van der Waals surface area contributed by atoms with E-state index in [9.17, 15) is 0 Å². The van der Waals surface area contributed by atoms with Crippen LogP contribution in [0.4, 0.5) is 0 Å². The van der Waals surface area contributed by atoms with Crippen molar-refractivity contribution < 1.29 is 0 Å². The molecule has 100 valence electrons. The first-order valence-corrected chi connectivity index (χ1v) is 9.27. The molecule has 1 heterocycles. The zero-order valence-electron chi connectivity index (χ0n) is 10.4. The van der Waals surface area contributed by atoms with Crippen molar-refractivity contribution in [1.29, 1.82) is 0 Å². The molecule has 2 aliphatic carbocycles. The topological polar surface area (TPSA) is 26.0 Å². The van der Waals surface area contributed by atoms with E-state index in [-0.39, 0.29) is 6.04 Å². The zero-order chi connectivity index (χ0) is 12.7. The third kappa shape index (κ3) is 2.46. The molecule has 0 spiro atoms. The van der Waals surface area contributed by atoms with Gasteiger partial charge in [-0.3, -0.25) is 0 Å². The summed E-state index contributed by atoms with van der Waals surface area (Å²) in [4.78, 5) is 1.34. The maximum atomic E-state index is 6.61. The second-order valence-electron chi connectivity index (χ2n) is 5.76. The van der Waals surface area contributed by atoms with Gasteiger partial charge >= 0.3 is 0 Å². The minimum absolute atomic E-state index is 0.244. The lowest BCUT2D eigenvalue weighted by Gasteiger charge is -2.45. The van der Waals surface area contributed by atoms with Gasteiger partial charge in [0.1, 0.15) is 0 Å². The third-order valence-corrected chi connectivity index (χ3v) is 8.15. The molecule has 2 saturated carbocycles. The monoisotopic (exact) mass is 391 g/mol. The Labute approximate surface area is 130 Å². The lowest BCUT2D eigenvalue weighted by molar-refractivity contribution is 0.0722. The summed E-state index contributed by atoms with van der Waals surface area (Å²) < 4.78 is 2.33. The van der Waals surface area contributed by atoms with E-state index < -0.39 is 0 Å². The SMILES string of the molecule is NC(c1cc(Br)c(Br)s1)C(C1CCC1)C1CCC1. The van der Waals surface area contributed by atoms with Gasteiger partial charge in [0, 0.05) is 15.4 Å². The van der Waals surface area contributed by atoms with Crippen molar-refractivity contribution in [2.75, 3.05) is 0 Å². The Hall–Kier alpha value is 0.620. The van der Waals surface area contributed by atoms with Crippen LogP contribution in [0.3, 0.4) is 0 Å². The number of nitrogens with two attached hydrogens (primary N) is 1. The molecule has 0 aromatic carbocycles. The molecule has 0 amide bonds. The number of hydrogen-bond donors (Lipinski definition) is 1. The van der Waals surface area contributed by atoms with Crippen LogP contribution >= 0.6 is 43.2 Å². The summed E-state index contributed by atoms with van der Waals surface area (Å²) >= 11 is 8.96. The van der Waals surface area contributed by atoms with Gasteiger partial charge in [-0.05, 0) is 55.7 Å². The van der Waals surface area contributed by atoms with Crippen LogP contribution < -0.4 is 5.73 Å². The second kappa shape index (κ2) is 5.55. The van der Waals surface area contributed by atoms with Gasteiger partial charge in [0.15, 0.2) is 0 Å². The quantitative estimate of drug-likeness (QED) is 0.720. The Morgan fingerprint density at radius 2 is 1.67 bits per heavy atom. The van der Waals surface area contributed by atoms with Crippen LogP contribution in [0.5, 0.6) is 0 Å². The van der Waals surface area contributed by atoms with Gasteiger partial charge in [-0.25, -0.2) is 0 Å². The molecule has 1 atom stereocenters. The predicted molar refractivity (Wildman–Crippen MR) is 84.8 cm³/mol. The van der Waals surface area contributed by atoms with Crippen LogP contribution in [-0.4, -0.2) is 0 Å². The van der Waals surface area contributed by atoms with E-state index in [0.717, 1.165) is 22.2 Å². The summed E-state index contributed by atoms with van der Waals surface area (Å²) in [5.74, 6) is 2.51. The fourth-order valence-corrected chi connectivity index (χ4v) is 5.49. The van der Waals surface area contributed by atoms with Crippen molar-refractivity contribution in [3.63, 3.8) is 0 Å². The largest absolute Gasteiger partial charge is 0.323 e. The minimum Gasteiger partial charge on any atom is -0.323 e. The first-order chi connectivity index (χ1) is 8.66. The van der Waals surface area contributed by atoms with Crippen molar-refractivity contribution in [3.8, 4) is 0 Å². The first-order valence-electron chi connectivity index (χ1n) is 6.87. The van der Waals surface area contributed by atoms with Crippen LogP contribution in [0, 0.1) is 17.8 Å². The van der Waals surface area contributed by atoms with E-state index in [1.807, 2.05) is 0 Å². The summed E-state index contributed by atoms with van der Waals surface area (Å²) in [6.07, 6.45) is 8.45. The lowest BCUT2D eigenvalue weighted by Crippen LogP contribution is -2.39. The van der Waals surface area contributed by atoms with Crippen LogP contribution in [0.25, 0.3) is 0 Å². The standard InChI is InChI=1S/C14H19Br2NS/c15-10-7-11(18-14(10)16)13(17)12(8-3-1-4-8)9-5-2-6-9/h7-9,12-13H,1-6,17H2. The van der Waals surface area contributed by atoms with Gasteiger partial charge in [0.05, 0.1) is 3.79 Å². The van der Waals surface area contributed by atoms with E-state index in [1.54, 1.807) is 11.3 Å². The number of rotatable bonds is 4. The maximum absolute atomic E-state index is 6.61. The molecule has 18 heavy (non-hydrogen) atoms. The van der Waals surface area contributed by atoms with Crippen molar-refractivity contribution in [2.24, 2.45) is 23.5 Å². The summed E-state index contributed by atoms with van der Waals surface area (Å²) in [5.41, 5.74) is 6.61. The number of thiophene rings is 1. The second-order valence-corrected chi connectivity index (χ2v) is 9.01. The Kier molecular flexibility index (Phi) is 4.19. The third-order valence-electron chi connectivity index (χ3n) is 4.80. The zero-order valence-corrected chi connectivity index (χ0v) is 14.4. The predicted octanol–water partition coefficient (Wildman–Crippen LogP) is 5.49. The molecular formula is C14H19Br2NS. The van der Waals surface area contributed by atoms with Crippen molar-refractivity contribution in [3.05, 3.63) is 19.2 Å². The smallest absolute Gasteiger partial charge is 0.0843 e. The highest BCUT2D eigenvalue weighted by molar-refractivity contribution is 9.13. The molecule has 1 aromatic rings. The van der Waals surface area contributed by atoms with E-state index in [2.05, 4.69) is 37.9 Å². The summed E-state index contributed by atoms with van der Waals surface area (Å²) in [6, 6.07) is 2.46. The lowest BCUT2D eigenvalue weighted by atomic mass is 9.62. The van der Waals surface area contributed by atoms with Crippen molar-refractivity contribution in [1.82, 2.24) is 0 Å². The van der Waals surface area contributed by atoms with Crippen LogP contribution in [0.2, 0.25) is 0 Å². The first kappa shape index (κ1) is 13.6. The molecule has 4 heteroatoms. The Balaban J connectivity index is 1.80. The highest BCUT2D eigenvalue weighted by Gasteiger charge is 2.40. The Morgan fingerprint density at radius 1 is 1.11 bits per heavy atom.